The number of benzene rings is 1. The minimum atomic E-state index is -1.26. The second-order valence-corrected chi connectivity index (χ2v) is 3.91. The van der Waals surface area contributed by atoms with E-state index in [2.05, 4.69) is 5.32 Å². The van der Waals surface area contributed by atoms with Gasteiger partial charge in [-0.25, -0.2) is 13.2 Å². The van der Waals surface area contributed by atoms with Crippen molar-refractivity contribution in [3.63, 3.8) is 0 Å². The van der Waals surface area contributed by atoms with Gasteiger partial charge in [-0.1, -0.05) is 6.92 Å². The van der Waals surface area contributed by atoms with Crippen molar-refractivity contribution in [1.29, 1.82) is 0 Å². The molecule has 0 saturated carbocycles. The Hall–Kier alpha value is -1.56. The van der Waals surface area contributed by atoms with Gasteiger partial charge in [0.25, 0.3) is 0 Å². The van der Waals surface area contributed by atoms with Crippen LogP contribution in [0.4, 0.5) is 13.2 Å². The third-order valence-electron chi connectivity index (χ3n) is 2.54. The Kier molecular flexibility index (Phi) is 5.82. The molecule has 6 heteroatoms. The Morgan fingerprint density at radius 2 is 1.84 bits per heavy atom. The summed E-state index contributed by atoms with van der Waals surface area (Å²) in [5.41, 5.74) is -0.0891. The molecule has 106 valence electrons. The molecule has 1 aromatic carbocycles. The predicted molar refractivity (Wildman–Crippen MR) is 64.0 cm³/mol. The summed E-state index contributed by atoms with van der Waals surface area (Å²) in [7, 11) is 0. The number of halogens is 3. The third kappa shape index (κ3) is 4.24. The quantitative estimate of drug-likeness (QED) is 0.641. The largest absolute Gasteiger partial charge is 0.466 e. The molecule has 0 saturated heterocycles. The number of esters is 1. The minimum absolute atomic E-state index is 0.0891. The van der Waals surface area contributed by atoms with Crippen molar-refractivity contribution in [2.24, 2.45) is 0 Å². The fraction of sp³-hybridized carbons (Fsp3) is 0.462. The van der Waals surface area contributed by atoms with Crippen LogP contribution in [0.5, 0.6) is 0 Å². The van der Waals surface area contributed by atoms with Crippen LogP contribution in [0.1, 0.15) is 31.9 Å². The summed E-state index contributed by atoms with van der Waals surface area (Å²) in [6, 6.07) is 0.483. The van der Waals surface area contributed by atoms with Gasteiger partial charge in [0.2, 0.25) is 0 Å². The molecule has 1 rings (SSSR count). The number of hydrogen-bond acceptors (Lipinski definition) is 3. The van der Waals surface area contributed by atoms with Crippen LogP contribution in [-0.4, -0.2) is 19.1 Å². The highest BCUT2D eigenvalue weighted by Crippen LogP contribution is 2.23. The summed E-state index contributed by atoms with van der Waals surface area (Å²) in [4.78, 5) is 11.4. The van der Waals surface area contributed by atoms with Gasteiger partial charge in [-0.15, -0.1) is 0 Å². The first-order valence-electron chi connectivity index (χ1n) is 6.03. The molecule has 0 aliphatic rings. The van der Waals surface area contributed by atoms with Gasteiger partial charge in [-0.05, 0) is 19.5 Å². The van der Waals surface area contributed by atoms with Crippen LogP contribution in [0.25, 0.3) is 0 Å². The molecule has 0 heterocycles. The third-order valence-corrected chi connectivity index (χ3v) is 2.54. The highest BCUT2D eigenvalue weighted by molar-refractivity contribution is 5.70. The zero-order chi connectivity index (χ0) is 14.4. The van der Waals surface area contributed by atoms with Gasteiger partial charge in [0.15, 0.2) is 11.6 Å². The first kappa shape index (κ1) is 15.5. The predicted octanol–water partition coefficient (Wildman–Crippen LogP) is 2.71. The summed E-state index contributed by atoms with van der Waals surface area (Å²) in [5.74, 6) is -3.83. The van der Waals surface area contributed by atoms with Crippen molar-refractivity contribution in [3.8, 4) is 0 Å². The lowest BCUT2D eigenvalue weighted by molar-refractivity contribution is -0.143. The van der Waals surface area contributed by atoms with Crippen LogP contribution in [0.3, 0.4) is 0 Å². The molecular formula is C13H16F3NO2. The standard InChI is InChI=1S/C13H16F3NO2/c1-3-17-12(7-13(18)19-4-2)8-5-10(15)11(16)6-9(8)14/h5-6,12,17H,3-4,7H2,1-2H3. The van der Waals surface area contributed by atoms with Gasteiger partial charge in [0.1, 0.15) is 5.82 Å². The van der Waals surface area contributed by atoms with Crippen LogP contribution in [0.15, 0.2) is 12.1 Å². The molecule has 0 fully saturated rings. The Bertz CT molecular complexity index is 452. The van der Waals surface area contributed by atoms with Gasteiger partial charge in [0.05, 0.1) is 13.0 Å². The van der Waals surface area contributed by atoms with Crippen molar-refractivity contribution in [2.45, 2.75) is 26.3 Å². The van der Waals surface area contributed by atoms with E-state index in [0.717, 1.165) is 6.07 Å². The van der Waals surface area contributed by atoms with Gasteiger partial charge in [0, 0.05) is 17.7 Å². The van der Waals surface area contributed by atoms with Crippen LogP contribution in [0, 0.1) is 17.5 Å². The smallest absolute Gasteiger partial charge is 0.307 e. The van der Waals surface area contributed by atoms with Gasteiger partial charge < -0.3 is 10.1 Å². The number of hydrogen-bond donors (Lipinski definition) is 1. The normalized spacial score (nSPS) is 12.3. The van der Waals surface area contributed by atoms with E-state index >= 15 is 0 Å². The second kappa shape index (κ2) is 7.13. The summed E-state index contributed by atoms with van der Waals surface area (Å²) in [6.07, 6.45) is -0.149. The molecule has 1 unspecified atom stereocenters. The fourth-order valence-electron chi connectivity index (χ4n) is 1.73. The van der Waals surface area contributed by atoms with Crippen molar-refractivity contribution >= 4 is 5.97 Å². The Balaban J connectivity index is 2.98. The molecule has 1 atom stereocenters. The summed E-state index contributed by atoms with van der Waals surface area (Å²) in [5, 5.41) is 2.85. The number of ether oxygens (including phenoxy) is 1. The number of carbonyl (C=O) groups is 1. The van der Waals surface area contributed by atoms with Gasteiger partial charge in [-0.2, -0.15) is 0 Å². The highest BCUT2D eigenvalue weighted by atomic mass is 19.2. The monoisotopic (exact) mass is 275 g/mol. The minimum Gasteiger partial charge on any atom is -0.466 e. The van der Waals surface area contributed by atoms with Crippen LogP contribution in [-0.2, 0) is 9.53 Å². The zero-order valence-electron chi connectivity index (χ0n) is 10.8. The molecular weight excluding hydrogens is 259 g/mol. The summed E-state index contributed by atoms with van der Waals surface area (Å²) in [6.45, 7) is 4.06. The van der Waals surface area contributed by atoms with Crippen molar-refractivity contribution < 1.29 is 22.7 Å². The van der Waals surface area contributed by atoms with E-state index in [1.807, 2.05) is 0 Å². The second-order valence-electron chi connectivity index (χ2n) is 3.91. The first-order chi connectivity index (χ1) is 8.99. The molecule has 0 aliphatic heterocycles. The zero-order valence-corrected chi connectivity index (χ0v) is 10.8. The summed E-state index contributed by atoms with van der Waals surface area (Å²) >= 11 is 0. The number of carbonyl (C=O) groups excluding carboxylic acids is 1. The van der Waals surface area contributed by atoms with Crippen molar-refractivity contribution in [3.05, 3.63) is 35.1 Å². The van der Waals surface area contributed by atoms with Crippen LogP contribution < -0.4 is 5.32 Å². The Labute approximate surface area is 109 Å². The number of rotatable bonds is 6. The molecule has 3 nitrogen and oxygen atoms in total. The topological polar surface area (TPSA) is 38.3 Å². The molecule has 0 bridgehead atoms. The van der Waals surface area contributed by atoms with Gasteiger partial charge in [-0.3, -0.25) is 4.79 Å². The highest BCUT2D eigenvalue weighted by Gasteiger charge is 2.21. The maximum Gasteiger partial charge on any atom is 0.307 e. The Morgan fingerprint density at radius 1 is 1.21 bits per heavy atom. The molecule has 1 N–H and O–H groups in total. The van der Waals surface area contributed by atoms with E-state index in [4.69, 9.17) is 4.74 Å². The van der Waals surface area contributed by atoms with E-state index in [-0.39, 0.29) is 18.6 Å². The molecule has 0 aliphatic carbocycles. The summed E-state index contributed by atoms with van der Waals surface area (Å²) < 4.78 is 44.4. The maximum absolute atomic E-state index is 13.6. The molecule has 0 amide bonds. The maximum atomic E-state index is 13.6. The van der Waals surface area contributed by atoms with E-state index in [0.29, 0.717) is 12.6 Å². The fourth-order valence-corrected chi connectivity index (χ4v) is 1.73. The van der Waals surface area contributed by atoms with Crippen molar-refractivity contribution in [2.75, 3.05) is 13.2 Å². The van der Waals surface area contributed by atoms with Crippen molar-refractivity contribution in [1.82, 2.24) is 5.32 Å². The lowest BCUT2D eigenvalue weighted by Crippen LogP contribution is -2.25. The molecule has 0 radical (unpaired) electrons. The molecule has 1 aromatic rings. The van der Waals surface area contributed by atoms with Crippen LogP contribution >= 0.6 is 0 Å². The average molecular weight is 275 g/mol. The van der Waals surface area contributed by atoms with E-state index in [9.17, 15) is 18.0 Å². The van der Waals surface area contributed by atoms with E-state index < -0.39 is 29.5 Å². The van der Waals surface area contributed by atoms with E-state index in [1.54, 1.807) is 13.8 Å². The lowest BCUT2D eigenvalue weighted by Gasteiger charge is -2.18. The molecule has 0 aromatic heterocycles. The van der Waals surface area contributed by atoms with Crippen LogP contribution in [0.2, 0.25) is 0 Å². The SMILES string of the molecule is CCNC(CC(=O)OCC)c1cc(F)c(F)cc1F. The molecule has 19 heavy (non-hydrogen) atoms. The molecule has 0 spiro atoms. The lowest BCUT2D eigenvalue weighted by atomic mass is 10.0. The van der Waals surface area contributed by atoms with Gasteiger partial charge >= 0.3 is 5.97 Å². The Morgan fingerprint density at radius 3 is 2.42 bits per heavy atom. The first-order valence-corrected chi connectivity index (χ1v) is 6.03. The number of nitrogens with one attached hydrogen (secondary N) is 1. The average Bonchev–Trinajstić information content (AvgIpc) is 2.33. The van der Waals surface area contributed by atoms with E-state index in [1.165, 1.54) is 0 Å².